The number of hydrogen-bond acceptors (Lipinski definition) is 4. The molecule has 2 rings (SSSR count). The second-order valence-corrected chi connectivity index (χ2v) is 3.73. The third-order valence-corrected chi connectivity index (χ3v) is 2.73. The summed E-state index contributed by atoms with van der Waals surface area (Å²) >= 11 is 0. The molecule has 1 aliphatic carbocycles. The van der Waals surface area contributed by atoms with E-state index in [0.29, 0.717) is 18.4 Å². The zero-order chi connectivity index (χ0) is 11.1. The van der Waals surface area contributed by atoms with Crippen molar-refractivity contribution in [2.75, 3.05) is 0 Å². The Morgan fingerprint density at radius 2 is 2.13 bits per heavy atom. The van der Waals surface area contributed by atoms with Crippen molar-refractivity contribution >= 4 is 12.0 Å². The first-order valence-electron chi connectivity index (χ1n) is 4.53. The number of carbonyl (C=O) groups excluding carboxylic acids is 1. The van der Waals surface area contributed by atoms with Crippen LogP contribution in [0.2, 0.25) is 0 Å². The fourth-order valence-electron chi connectivity index (χ4n) is 1.67. The van der Waals surface area contributed by atoms with Crippen LogP contribution in [-0.4, -0.2) is 16.3 Å². The molecule has 0 saturated heterocycles. The van der Waals surface area contributed by atoms with Crippen LogP contribution in [0.1, 0.15) is 18.4 Å². The van der Waals surface area contributed by atoms with Crippen LogP contribution < -0.4 is 0 Å². The number of phenolic OH excluding ortho intramolecular Hbond substituents is 1. The lowest BCUT2D eigenvalue weighted by Crippen LogP contribution is -2.10. The monoisotopic (exact) mass is 207 g/mol. The molecule has 5 nitrogen and oxygen atoms in total. The number of nitrogens with zero attached hydrogens (tertiary/aromatic N) is 1. The molecule has 78 valence electrons. The Balaban J connectivity index is 2.57. The lowest BCUT2D eigenvalue weighted by atomic mass is 9.95. The second kappa shape index (κ2) is 3.05. The van der Waals surface area contributed by atoms with Crippen LogP contribution in [0.4, 0.5) is 5.69 Å². The lowest BCUT2D eigenvalue weighted by Gasteiger charge is -2.08. The number of benzene rings is 1. The van der Waals surface area contributed by atoms with Crippen molar-refractivity contribution in [1.82, 2.24) is 0 Å². The summed E-state index contributed by atoms with van der Waals surface area (Å²) in [4.78, 5) is 21.1. The molecule has 1 saturated carbocycles. The van der Waals surface area contributed by atoms with Crippen molar-refractivity contribution in [3.8, 4) is 5.75 Å². The van der Waals surface area contributed by atoms with E-state index in [-0.39, 0.29) is 11.4 Å². The summed E-state index contributed by atoms with van der Waals surface area (Å²) in [5, 5.41) is 20.0. The SMILES string of the molecule is O=CC1(c2cc(O)ccc2[N+](=O)[O-])CC1. The predicted molar refractivity (Wildman–Crippen MR) is 51.7 cm³/mol. The Labute approximate surface area is 85.5 Å². The van der Waals surface area contributed by atoms with Gasteiger partial charge >= 0.3 is 0 Å². The number of phenols is 1. The Hall–Kier alpha value is -1.91. The highest BCUT2D eigenvalue weighted by molar-refractivity contribution is 5.76. The van der Waals surface area contributed by atoms with Crippen LogP contribution in [0.3, 0.4) is 0 Å². The van der Waals surface area contributed by atoms with Crippen LogP contribution in [0.5, 0.6) is 5.75 Å². The topological polar surface area (TPSA) is 80.4 Å². The maximum atomic E-state index is 10.9. The highest BCUT2D eigenvalue weighted by Gasteiger charge is 2.48. The Morgan fingerprint density at radius 1 is 1.47 bits per heavy atom. The molecule has 0 aromatic heterocycles. The van der Waals surface area contributed by atoms with Gasteiger partial charge in [0.05, 0.1) is 10.3 Å². The van der Waals surface area contributed by atoms with Gasteiger partial charge in [0.1, 0.15) is 12.0 Å². The number of rotatable bonds is 3. The third-order valence-electron chi connectivity index (χ3n) is 2.73. The van der Waals surface area contributed by atoms with E-state index in [9.17, 15) is 20.0 Å². The average molecular weight is 207 g/mol. The minimum absolute atomic E-state index is 0.0521. The molecule has 0 spiro atoms. The summed E-state index contributed by atoms with van der Waals surface area (Å²) in [5.41, 5.74) is -0.513. The first-order chi connectivity index (χ1) is 7.09. The van der Waals surface area contributed by atoms with Crippen molar-refractivity contribution < 1.29 is 14.8 Å². The summed E-state index contributed by atoms with van der Waals surface area (Å²) < 4.78 is 0. The van der Waals surface area contributed by atoms with E-state index in [1.165, 1.54) is 18.2 Å². The molecule has 0 atom stereocenters. The van der Waals surface area contributed by atoms with Gasteiger partial charge in [-0.25, -0.2) is 0 Å². The first-order valence-corrected chi connectivity index (χ1v) is 4.53. The van der Waals surface area contributed by atoms with E-state index in [0.717, 1.165) is 6.29 Å². The molecule has 0 heterocycles. The second-order valence-electron chi connectivity index (χ2n) is 3.73. The molecule has 0 unspecified atom stereocenters. The summed E-state index contributed by atoms with van der Waals surface area (Å²) in [6, 6.07) is 3.79. The number of nitro benzene ring substituents is 1. The van der Waals surface area contributed by atoms with Gasteiger partial charge in [-0.1, -0.05) is 0 Å². The predicted octanol–water partition coefficient (Wildman–Crippen LogP) is 1.53. The van der Waals surface area contributed by atoms with Gasteiger partial charge in [0.2, 0.25) is 0 Å². The summed E-state index contributed by atoms with van der Waals surface area (Å²) in [6.45, 7) is 0. The molecular formula is C10H9NO4. The molecule has 15 heavy (non-hydrogen) atoms. The Morgan fingerprint density at radius 3 is 2.60 bits per heavy atom. The Kier molecular flexibility index (Phi) is 1.96. The van der Waals surface area contributed by atoms with Gasteiger partial charge in [-0.2, -0.15) is 0 Å². The molecule has 0 amide bonds. The van der Waals surface area contributed by atoms with Gasteiger partial charge in [-0.15, -0.1) is 0 Å². The zero-order valence-corrected chi connectivity index (χ0v) is 7.84. The fraction of sp³-hybridized carbons (Fsp3) is 0.300. The largest absolute Gasteiger partial charge is 0.508 e. The third kappa shape index (κ3) is 1.45. The number of aldehydes is 1. The number of aromatic hydroxyl groups is 1. The van der Waals surface area contributed by atoms with Gasteiger partial charge in [-0.3, -0.25) is 10.1 Å². The lowest BCUT2D eigenvalue weighted by molar-refractivity contribution is -0.385. The smallest absolute Gasteiger partial charge is 0.273 e. The van der Waals surface area contributed by atoms with E-state index in [4.69, 9.17) is 0 Å². The summed E-state index contributed by atoms with van der Waals surface area (Å²) in [7, 11) is 0. The maximum absolute atomic E-state index is 10.9. The van der Waals surface area contributed by atoms with Crippen molar-refractivity contribution in [2.24, 2.45) is 0 Å². The number of carbonyl (C=O) groups is 1. The van der Waals surface area contributed by atoms with Crippen LogP contribution in [-0.2, 0) is 10.2 Å². The number of hydrogen-bond donors (Lipinski definition) is 1. The van der Waals surface area contributed by atoms with Gasteiger partial charge < -0.3 is 9.90 Å². The van der Waals surface area contributed by atoms with E-state index in [1.54, 1.807) is 0 Å². The van der Waals surface area contributed by atoms with E-state index >= 15 is 0 Å². The van der Waals surface area contributed by atoms with Crippen LogP contribution in [0.15, 0.2) is 18.2 Å². The summed E-state index contributed by atoms with van der Waals surface area (Å²) in [5.74, 6) is -0.0521. The Bertz CT molecular complexity index is 437. The van der Waals surface area contributed by atoms with Crippen molar-refractivity contribution in [3.63, 3.8) is 0 Å². The van der Waals surface area contributed by atoms with Crippen molar-refractivity contribution in [2.45, 2.75) is 18.3 Å². The van der Waals surface area contributed by atoms with E-state index in [2.05, 4.69) is 0 Å². The van der Waals surface area contributed by atoms with Gasteiger partial charge in [-0.05, 0) is 25.0 Å². The van der Waals surface area contributed by atoms with Crippen LogP contribution in [0.25, 0.3) is 0 Å². The minimum atomic E-state index is -0.735. The molecule has 1 aliphatic rings. The molecule has 1 aromatic carbocycles. The molecule has 0 aliphatic heterocycles. The van der Waals surface area contributed by atoms with Crippen molar-refractivity contribution in [1.29, 1.82) is 0 Å². The maximum Gasteiger partial charge on any atom is 0.273 e. The average Bonchev–Trinajstić information content (AvgIpc) is 2.97. The zero-order valence-electron chi connectivity index (χ0n) is 7.84. The first kappa shape index (κ1) is 9.64. The normalized spacial score (nSPS) is 17.1. The van der Waals surface area contributed by atoms with Gasteiger partial charge in [0, 0.05) is 11.6 Å². The molecule has 1 fully saturated rings. The molecule has 0 radical (unpaired) electrons. The van der Waals surface area contributed by atoms with Crippen LogP contribution >= 0.6 is 0 Å². The molecule has 1 N–H and O–H groups in total. The van der Waals surface area contributed by atoms with E-state index in [1.807, 2.05) is 0 Å². The molecular weight excluding hydrogens is 198 g/mol. The number of nitro groups is 1. The van der Waals surface area contributed by atoms with Gasteiger partial charge in [0.15, 0.2) is 0 Å². The quantitative estimate of drug-likeness (QED) is 0.463. The van der Waals surface area contributed by atoms with E-state index < -0.39 is 10.3 Å². The molecule has 1 aromatic rings. The highest BCUT2D eigenvalue weighted by atomic mass is 16.6. The molecule has 5 heteroatoms. The minimum Gasteiger partial charge on any atom is -0.508 e. The summed E-state index contributed by atoms with van der Waals surface area (Å²) in [6.07, 6.45) is 1.95. The standard InChI is InChI=1S/C10H9NO4/c12-6-10(3-4-10)8-5-7(13)1-2-9(8)11(14)15/h1-2,5-6,13H,3-4H2. The molecule has 0 bridgehead atoms. The fourth-order valence-corrected chi connectivity index (χ4v) is 1.67. The van der Waals surface area contributed by atoms with Crippen LogP contribution in [0, 0.1) is 10.1 Å². The van der Waals surface area contributed by atoms with Crippen molar-refractivity contribution in [3.05, 3.63) is 33.9 Å². The highest BCUT2D eigenvalue weighted by Crippen LogP contribution is 2.50. The van der Waals surface area contributed by atoms with Gasteiger partial charge in [0.25, 0.3) is 5.69 Å².